The third-order valence-electron chi connectivity index (χ3n) is 5.28. The Kier molecular flexibility index (Phi) is 3.20. The Hall–Kier alpha value is -1.95. The lowest BCUT2D eigenvalue weighted by molar-refractivity contribution is -0.183. The number of nitrogens with zero attached hydrogens (tertiary/aromatic N) is 3. The van der Waals surface area contributed by atoms with Crippen LogP contribution < -0.4 is 0 Å². The van der Waals surface area contributed by atoms with E-state index in [2.05, 4.69) is 24.2 Å². The standard InChI is InChI=1S/C17H21N3O3/c1-4-20-13-6-5-10(9-12(13)18-19-20)16(21)23-15-11-7-8-22-14(11)17(15,2)3/h5-6,9,11,14-15H,4,7-8H2,1-3H3/t11-,14-,15+/m0/s1. The molecule has 0 radical (unpaired) electrons. The molecule has 2 aromatic rings. The van der Waals surface area contributed by atoms with Gasteiger partial charge in [0.25, 0.3) is 0 Å². The van der Waals surface area contributed by atoms with Crippen LogP contribution >= 0.6 is 0 Å². The number of hydrogen-bond acceptors (Lipinski definition) is 5. The molecule has 1 aromatic carbocycles. The summed E-state index contributed by atoms with van der Waals surface area (Å²) in [6, 6.07) is 5.42. The number of fused-ring (bicyclic) bond motifs is 2. The summed E-state index contributed by atoms with van der Waals surface area (Å²) in [5.74, 6) is 0.0417. The van der Waals surface area contributed by atoms with Gasteiger partial charge in [0, 0.05) is 24.5 Å². The van der Waals surface area contributed by atoms with Crippen LogP contribution in [0.5, 0.6) is 0 Å². The second-order valence-electron chi connectivity index (χ2n) is 7.00. The summed E-state index contributed by atoms with van der Waals surface area (Å²) in [5.41, 5.74) is 2.05. The van der Waals surface area contributed by atoms with Gasteiger partial charge in [-0.15, -0.1) is 5.10 Å². The molecule has 0 bridgehead atoms. The topological polar surface area (TPSA) is 66.2 Å². The van der Waals surface area contributed by atoms with E-state index in [0.29, 0.717) is 11.5 Å². The molecule has 1 saturated carbocycles. The lowest BCUT2D eigenvalue weighted by Crippen LogP contribution is -2.61. The van der Waals surface area contributed by atoms with Gasteiger partial charge in [-0.1, -0.05) is 19.1 Å². The first-order valence-corrected chi connectivity index (χ1v) is 8.18. The number of ether oxygens (including phenoxy) is 2. The highest BCUT2D eigenvalue weighted by Crippen LogP contribution is 2.53. The van der Waals surface area contributed by atoms with Gasteiger partial charge in [0.15, 0.2) is 0 Å². The highest BCUT2D eigenvalue weighted by Gasteiger charge is 2.61. The van der Waals surface area contributed by atoms with Gasteiger partial charge in [-0.05, 0) is 31.5 Å². The molecule has 0 N–H and O–H groups in total. The Balaban J connectivity index is 1.55. The minimum atomic E-state index is -0.290. The monoisotopic (exact) mass is 315 g/mol. The Morgan fingerprint density at radius 1 is 1.48 bits per heavy atom. The van der Waals surface area contributed by atoms with Gasteiger partial charge in [-0.25, -0.2) is 9.48 Å². The van der Waals surface area contributed by atoms with Crippen molar-refractivity contribution in [1.29, 1.82) is 0 Å². The summed E-state index contributed by atoms with van der Waals surface area (Å²) in [6.45, 7) is 7.73. The highest BCUT2D eigenvalue weighted by atomic mass is 16.6. The van der Waals surface area contributed by atoms with Crippen LogP contribution in [-0.2, 0) is 16.0 Å². The molecule has 0 amide bonds. The Labute approximate surface area is 134 Å². The van der Waals surface area contributed by atoms with Crippen LogP contribution in [0.3, 0.4) is 0 Å². The molecular formula is C17H21N3O3. The molecule has 122 valence electrons. The summed E-state index contributed by atoms with van der Waals surface area (Å²) in [5, 5.41) is 8.18. The van der Waals surface area contributed by atoms with E-state index in [-0.39, 0.29) is 23.6 Å². The number of rotatable bonds is 3. The largest absolute Gasteiger partial charge is 0.458 e. The van der Waals surface area contributed by atoms with E-state index >= 15 is 0 Å². The highest BCUT2D eigenvalue weighted by molar-refractivity contribution is 5.93. The van der Waals surface area contributed by atoms with Crippen LogP contribution in [-0.4, -0.2) is 39.8 Å². The number of esters is 1. The van der Waals surface area contributed by atoms with Crippen molar-refractivity contribution in [3.63, 3.8) is 0 Å². The maximum Gasteiger partial charge on any atom is 0.338 e. The van der Waals surface area contributed by atoms with Crippen molar-refractivity contribution in [3.05, 3.63) is 23.8 Å². The average Bonchev–Trinajstić information content (AvgIpc) is 3.16. The van der Waals surface area contributed by atoms with E-state index in [0.717, 1.165) is 30.6 Å². The maximum atomic E-state index is 12.5. The molecule has 0 unspecified atom stereocenters. The summed E-state index contributed by atoms with van der Waals surface area (Å²) < 4.78 is 13.4. The zero-order valence-electron chi connectivity index (χ0n) is 13.7. The number of benzene rings is 1. The molecule has 1 aliphatic heterocycles. The molecule has 1 aliphatic carbocycles. The van der Waals surface area contributed by atoms with Crippen LogP contribution in [0.25, 0.3) is 11.0 Å². The van der Waals surface area contributed by atoms with E-state index in [1.54, 1.807) is 16.8 Å². The second-order valence-corrected chi connectivity index (χ2v) is 7.00. The number of hydrogen-bond donors (Lipinski definition) is 0. The number of aryl methyl sites for hydroxylation is 1. The predicted molar refractivity (Wildman–Crippen MR) is 84.0 cm³/mol. The SMILES string of the molecule is CCn1nnc2cc(C(=O)O[C@@H]3[C@H]4CCO[C@@H]4C3(C)C)ccc21. The molecule has 0 spiro atoms. The van der Waals surface area contributed by atoms with Crippen LogP contribution in [0.1, 0.15) is 37.6 Å². The molecule has 6 nitrogen and oxygen atoms in total. The van der Waals surface area contributed by atoms with Gasteiger partial charge >= 0.3 is 5.97 Å². The normalized spacial score (nSPS) is 28.4. The third kappa shape index (κ3) is 2.08. The molecule has 3 atom stereocenters. The summed E-state index contributed by atoms with van der Waals surface area (Å²) in [6.07, 6.45) is 1.10. The van der Waals surface area contributed by atoms with E-state index in [1.165, 1.54) is 0 Å². The van der Waals surface area contributed by atoms with Crippen LogP contribution in [0.2, 0.25) is 0 Å². The molecule has 23 heavy (non-hydrogen) atoms. The number of aromatic nitrogens is 3. The van der Waals surface area contributed by atoms with Gasteiger partial charge in [0.1, 0.15) is 11.6 Å². The van der Waals surface area contributed by atoms with Crippen molar-refractivity contribution in [1.82, 2.24) is 15.0 Å². The van der Waals surface area contributed by atoms with Crippen molar-refractivity contribution in [3.8, 4) is 0 Å². The quantitative estimate of drug-likeness (QED) is 0.814. The minimum absolute atomic E-state index is 0.0791. The summed E-state index contributed by atoms with van der Waals surface area (Å²) in [7, 11) is 0. The first-order chi connectivity index (χ1) is 11.0. The Bertz CT molecular complexity index is 768. The first-order valence-electron chi connectivity index (χ1n) is 8.18. The van der Waals surface area contributed by atoms with E-state index in [4.69, 9.17) is 9.47 Å². The molecule has 1 saturated heterocycles. The molecule has 2 fully saturated rings. The van der Waals surface area contributed by atoms with Gasteiger partial charge in [-0.2, -0.15) is 0 Å². The second kappa shape index (κ2) is 5.03. The Morgan fingerprint density at radius 3 is 3.09 bits per heavy atom. The predicted octanol–water partition coefficient (Wildman–Crippen LogP) is 2.42. The lowest BCUT2D eigenvalue weighted by atomic mass is 9.59. The van der Waals surface area contributed by atoms with E-state index in [9.17, 15) is 4.79 Å². The van der Waals surface area contributed by atoms with E-state index in [1.807, 2.05) is 13.0 Å². The minimum Gasteiger partial charge on any atom is -0.458 e. The summed E-state index contributed by atoms with van der Waals surface area (Å²) >= 11 is 0. The number of carbonyl (C=O) groups is 1. The van der Waals surface area contributed by atoms with Gasteiger partial charge < -0.3 is 9.47 Å². The average molecular weight is 315 g/mol. The molecule has 2 aliphatic rings. The first kappa shape index (κ1) is 14.6. The van der Waals surface area contributed by atoms with Crippen molar-refractivity contribution in [2.45, 2.75) is 45.9 Å². The lowest BCUT2D eigenvalue weighted by Gasteiger charge is -2.53. The van der Waals surface area contributed by atoms with Crippen LogP contribution in [0, 0.1) is 11.3 Å². The fourth-order valence-corrected chi connectivity index (χ4v) is 4.03. The molecule has 4 rings (SSSR count). The molecular weight excluding hydrogens is 294 g/mol. The molecule has 2 heterocycles. The molecule has 6 heteroatoms. The van der Waals surface area contributed by atoms with Gasteiger partial charge in [0.2, 0.25) is 0 Å². The summed E-state index contributed by atoms with van der Waals surface area (Å²) in [4.78, 5) is 12.5. The van der Waals surface area contributed by atoms with Crippen LogP contribution in [0.4, 0.5) is 0 Å². The van der Waals surface area contributed by atoms with Crippen molar-refractivity contribution >= 4 is 17.0 Å². The van der Waals surface area contributed by atoms with Crippen LogP contribution in [0.15, 0.2) is 18.2 Å². The van der Waals surface area contributed by atoms with Gasteiger partial charge in [0.05, 0.1) is 17.2 Å². The fourth-order valence-electron chi connectivity index (χ4n) is 4.03. The van der Waals surface area contributed by atoms with Crippen molar-refractivity contribution < 1.29 is 14.3 Å². The third-order valence-corrected chi connectivity index (χ3v) is 5.28. The Morgan fingerprint density at radius 2 is 2.30 bits per heavy atom. The molecule has 1 aromatic heterocycles. The smallest absolute Gasteiger partial charge is 0.338 e. The maximum absolute atomic E-state index is 12.5. The van der Waals surface area contributed by atoms with Gasteiger partial charge in [-0.3, -0.25) is 0 Å². The number of carbonyl (C=O) groups excluding carboxylic acids is 1. The van der Waals surface area contributed by atoms with Crippen molar-refractivity contribution in [2.24, 2.45) is 11.3 Å². The zero-order valence-corrected chi connectivity index (χ0v) is 13.7. The van der Waals surface area contributed by atoms with Crippen molar-refractivity contribution in [2.75, 3.05) is 6.61 Å². The fraction of sp³-hybridized carbons (Fsp3) is 0.588. The van der Waals surface area contributed by atoms with E-state index < -0.39 is 0 Å². The zero-order chi connectivity index (χ0) is 16.2.